The Morgan fingerprint density at radius 2 is 1.67 bits per heavy atom. The number of carboxylic acid groups (broad SMARTS) is 2. The lowest BCUT2D eigenvalue weighted by atomic mass is 10.0. The molecule has 0 fully saturated rings. The van der Waals surface area contributed by atoms with Crippen molar-refractivity contribution in [1.29, 1.82) is 0 Å². The van der Waals surface area contributed by atoms with Crippen LogP contribution in [0.15, 0.2) is 30.3 Å². The number of benzene rings is 1. The molecule has 4 heteroatoms. The lowest BCUT2D eigenvalue weighted by Crippen LogP contribution is -2.03. The summed E-state index contributed by atoms with van der Waals surface area (Å²) in [5.41, 5.74) is 1.15. The van der Waals surface area contributed by atoms with Crippen LogP contribution in [0.4, 0.5) is 0 Å². The lowest BCUT2D eigenvalue weighted by molar-refractivity contribution is -0.133. The summed E-state index contributed by atoms with van der Waals surface area (Å²) in [6, 6.07) is 6.62. The van der Waals surface area contributed by atoms with Gasteiger partial charge in [0.05, 0.1) is 5.57 Å². The molecule has 1 aromatic carbocycles. The van der Waals surface area contributed by atoms with Gasteiger partial charge in [0, 0.05) is 6.08 Å². The molecule has 0 aromatic heterocycles. The third-order valence-electron chi connectivity index (χ3n) is 1.86. The Labute approximate surface area is 86.5 Å². The van der Waals surface area contributed by atoms with E-state index in [0.29, 0.717) is 11.6 Å². The highest BCUT2D eigenvalue weighted by Gasteiger charge is 2.11. The molecule has 0 spiro atoms. The highest BCUT2D eigenvalue weighted by Crippen LogP contribution is 2.15. The van der Waals surface area contributed by atoms with Crippen molar-refractivity contribution in [3.63, 3.8) is 0 Å². The standard InChI is InChI=1S/C11H10O4/c1-7-2-4-8(5-3-7)9(11(14)15)6-10(12)13/h2-6H,1H3,(H,12,13)(H,14,15)/b9-6-. The maximum Gasteiger partial charge on any atom is 0.336 e. The molecule has 0 heterocycles. The van der Waals surface area contributed by atoms with Gasteiger partial charge in [0.25, 0.3) is 0 Å². The molecule has 0 aliphatic carbocycles. The molecule has 1 aromatic rings. The van der Waals surface area contributed by atoms with Crippen LogP contribution >= 0.6 is 0 Å². The van der Waals surface area contributed by atoms with E-state index in [1.807, 2.05) is 6.92 Å². The molecule has 0 atom stereocenters. The normalized spacial score (nSPS) is 11.1. The molecule has 0 saturated heterocycles. The fourth-order valence-corrected chi connectivity index (χ4v) is 1.13. The molecule has 78 valence electrons. The van der Waals surface area contributed by atoms with E-state index in [9.17, 15) is 9.59 Å². The first-order valence-corrected chi connectivity index (χ1v) is 4.25. The van der Waals surface area contributed by atoms with Gasteiger partial charge in [-0.15, -0.1) is 0 Å². The molecule has 0 aliphatic heterocycles. The van der Waals surface area contributed by atoms with Gasteiger partial charge in [-0.1, -0.05) is 29.8 Å². The predicted octanol–water partition coefficient (Wildman–Crippen LogP) is 1.55. The smallest absolute Gasteiger partial charge is 0.336 e. The van der Waals surface area contributed by atoms with Crippen LogP contribution in [0.1, 0.15) is 11.1 Å². The van der Waals surface area contributed by atoms with Crippen LogP contribution < -0.4 is 0 Å². The van der Waals surface area contributed by atoms with E-state index in [1.54, 1.807) is 24.3 Å². The Bertz CT molecular complexity index is 415. The Balaban J connectivity index is 3.16. The summed E-state index contributed by atoms with van der Waals surface area (Å²) >= 11 is 0. The van der Waals surface area contributed by atoms with Crippen molar-refractivity contribution in [3.05, 3.63) is 41.5 Å². The van der Waals surface area contributed by atoms with E-state index in [1.165, 1.54) is 0 Å². The predicted molar refractivity (Wildman–Crippen MR) is 54.4 cm³/mol. The van der Waals surface area contributed by atoms with Crippen LogP contribution in [-0.2, 0) is 9.59 Å². The van der Waals surface area contributed by atoms with Crippen molar-refractivity contribution in [2.75, 3.05) is 0 Å². The van der Waals surface area contributed by atoms with Gasteiger partial charge in [-0.05, 0) is 12.5 Å². The van der Waals surface area contributed by atoms with Crippen molar-refractivity contribution in [2.24, 2.45) is 0 Å². The number of hydrogen-bond donors (Lipinski definition) is 2. The molecule has 0 radical (unpaired) electrons. The van der Waals surface area contributed by atoms with Gasteiger partial charge in [-0.25, -0.2) is 9.59 Å². The molecule has 0 aliphatic rings. The van der Waals surface area contributed by atoms with Gasteiger partial charge in [-0.3, -0.25) is 0 Å². The first-order valence-electron chi connectivity index (χ1n) is 4.25. The first-order chi connectivity index (χ1) is 7.00. The monoisotopic (exact) mass is 206 g/mol. The second-order valence-corrected chi connectivity index (χ2v) is 3.07. The number of hydrogen-bond acceptors (Lipinski definition) is 2. The van der Waals surface area contributed by atoms with E-state index < -0.39 is 11.9 Å². The Morgan fingerprint density at radius 1 is 1.13 bits per heavy atom. The van der Waals surface area contributed by atoms with E-state index in [4.69, 9.17) is 10.2 Å². The molecular weight excluding hydrogens is 196 g/mol. The number of aryl methyl sites for hydroxylation is 1. The van der Waals surface area contributed by atoms with Crippen molar-refractivity contribution < 1.29 is 19.8 Å². The molecular formula is C11H10O4. The van der Waals surface area contributed by atoms with Crippen molar-refractivity contribution in [3.8, 4) is 0 Å². The minimum Gasteiger partial charge on any atom is -0.478 e. The highest BCUT2D eigenvalue weighted by molar-refractivity contribution is 6.19. The van der Waals surface area contributed by atoms with Crippen LogP contribution in [0.25, 0.3) is 5.57 Å². The van der Waals surface area contributed by atoms with Crippen LogP contribution in [0, 0.1) is 6.92 Å². The van der Waals surface area contributed by atoms with Crippen LogP contribution in [0.2, 0.25) is 0 Å². The molecule has 2 N–H and O–H groups in total. The van der Waals surface area contributed by atoms with E-state index >= 15 is 0 Å². The molecule has 1 rings (SSSR count). The number of carboxylic acids is 2. The number of aliphatic carboxylic acids is 2. The summed E-state index contributed by atoms with van der Waals surface area (Å²) in [7, 11) is 0. The zero-order chi connectivity index (χ0) is 11.4. The molecule has 0 amide bonds. The number of rotatable bonds is 3. The average Bonchev–Trinajstić information content (AvgIpc) is 2.15. The van der Waals surface area contributed by atoms with Gasteiger partial charge >= 0.3 is 11.9 Å². The third kappa shape index (κ3) is 2.95. The second-order valence-electron chi connectivity index (χ2n) is 3.07. The average molecular weight is 206 g/mol. The summed E-state index contributed by atoms with van der Waals surface area (Å²) in [5, 5.41) is 17.3. The molecule has 0 unspecified atom stereocenters. The minimum absolute atomic E-state index is 0.220. The topological polar surface area (TPSA) is 74.6 Å². The van der Waals surface area contributed by atoms with Gasteiger partial charge < -0.3 is 10.2 Å². The molecule has 15 heavy (non-hydrogen) atoms. The first kappa shape index (κ1) is 11.0. The largest absolute Gasteiger partial charge is 0.478 e. The zero-order valence-electron chi connectivity index (χ0n) is 8.10. The summed E-state index contributed by atoms with van der Waals surface area (Å²) in [6.45, 7) is 1.87. The van der Waals surface area contributed by atoms with Gasteiger partial charge in [-0.2, -0.15) is 0 Å². The fourth-order valence-electron chi connectivity index (χ4n) is 1.13. The van der Waals surface area contributed by atoms with Crippen LogP contribution in [0.5, 0.6) is 0 Å². The minimum atomic E-state index is -1.27. The van der Waals surface area contributed by atoms with Crippen molar-refractivity contribution in [1.82, 2.24) is 0 Å². The molecule has 0 bridgehead atoms. The van der Waals surface area contributed by atoms with Crippen molar-refractivity contribution >= 4 is 17.5 Å². The third-order valence-corrected chi connectivity index (χ3v) is 1.86. The summed E-state index contributed by atoms with van der Waals surface area (Å²) in [6.07, 6.45) is 0.688. The number of carbonyl (C=O) groups is 2. The summed E-state index contributed by atoms with van der Waals surface area (Å²) < 4.78 is 0. The van der Waals surface area contributed by atoms with Gasteiger partial charge in [0.2, 0.25) is 0 Å². The molecule has 4 nitrogen and oxygen atoms in total. The van der Waals surface area contributed by atoms with E-state index in [0.717, 1.165) is 5.56 Å². The fraction of sp³-hybridized carbons (Fsp3) is 0.0909. The van der Waals surface area contributed by atoms with Crippen LogP contribution in [-0.4, -0.2) is 22.2 Å². The lowest BCUT2D eigenvalue weighted by Gasteiger charge is -2.01. The highest BCUT2D eigenvalue weighted by atomic mass is 16.4. The maximum atomic E-state index is 10.8. The Kier molecular flexibility index (Phi) is 3.23. The van der Waals surface area contributed by atoms with Gasteiger partial charge in [0.1, 0.15) is 0 Å². The van der Waals surface area contributed by atoms with E-state index in [-0.39, 0.29) is 5.57 Å². The van der Waals surface area contributed by atoms with Crippen LogP contribution in [0.3, 0.4) is 0 Å². The summed E-state index contributed by atoms with van der Waals surface area (Å²) in [5.74, 6) is -2.52. The van der Waals surface area contributed by atoms with Crippen molar-refractivity contribution in [2.45, 2.75) is 6.92 Å². The zero-order valence-corrected chi connectivity index (χ0v) is 8.10. The van der Waals surface area contributed by atoms with Gasteiger partial charge in [0.15, 0.2) is 0 Å². The quantitative estimate of drug-likeness (QED) is 0.736. The Morgan fingerprint density at radius 3 is 2.07 bits per heavy atom. The Hall–Kier alpha value is -2.10. The SMILES string of the molecule is Cc1ccc(/C(=C/C(=O)O)C(=O)O)cc1. The second kappa shape index (κ2) is 4.41. The van der Waals surface area contributed by atoms with E-state index in [2.05, 4.69) is 0 Å². The maximum absolute atomic E-state index is 10.8. The summed E-state index contributed by atoms with van der Waals surface area (Å²) in [4.78, 5) is 21.2. The molecule has 0 saturated carbocycles.